The van der Waals surface area contributed by atoms with Gasteiger partial charge in [-0.1, -0.05) is 24.3 Å². The van der Waals surface area contributed by atoms with E-state index in [4.69, 9.17) is 9.47 Å². The zero-order valence-electron chi connectivity index (χ0n) is 18.6. The van der Waals surface area contributed by atoms with Crippen LogP contribution < -0.4 is 9.47 Å². The number of carbonyl (C=O) groups excluding carboxylic acids is 1. The van der Waals surface area contributed by atoms with Crippen molar-refractivity contribution in [2.24, 2.45) is 0 Å². The van der Waals surface area contributed by atoms with E-state index in [1.165, 1.54) is 31.4 Å². The van der Waals surface area contributed by atoms with Crippen molar-refractivity contribution in [3.8, 4) is 11.5 Å². The minimum absolute atomic E-state index is 0.0734. The minimum Gasteiger partial charge on any atom is -0.493 e. The summed E-state index contributed by atoms with van der Waals surface area (Å²) < 4.78 is 37.6. The SMILES string of the molecule is COc1ccc(C(=O)N2CCN(C(c3ccc(F)cc3)c3ccc(F)cc3)CC2)cc1OC. The fourth-order valence-electron chi connectivity index (χ4n) is 4.24. The molecule has 1 amide bonds. The Balaban J connectivity index is 1.52. The lowest BCUT2D eigenvalue weighted by Gasteiger charge is -2.40. The smallest absolute Gasteiger partial charge is 0.254 e. The number of ether oxygens (including phenoxy) is 2. The van der Waals surface area contributed by atoms with E-state index >= 15 is 0 Å². The number of hydrogen-bond donors (Lipinski definition) is 0. The molecule has 0 unspecified atom stereocenters. The van der Waals surface area contributed by atoms with Gasteiger partial charge in [-0.2, -0.15) is 0 Å². The fourth-order valence-corrected chi connectivity index (χ4v) is 4.24. The molecule has 172 valence electrons. The van der Waals surface area contributed by atoms with Crippen molar-refractivity contribution in [1.29, 1.82) is 0 Å². The van der Waals surface area contributed by atoms with Crippen LogP contribution in [-0.4, -0.2) is 56.1 Å². The molecule has 4 rings (SSSR count). The van der Waals surface area contributed by atoms with Gasteiger partial charge in [0.15, 0.2) is 11.5 Å². The van der Waals surface area contributed by atoms with Crippen molar-refractivity contribution >= 4 is 5.91 Å². The number of rotatable bonds is 6. The van der Waals surface area contributed by atoms with Gasteiger partial charge >= 0.3 is 0 Å². The first-order valence-corrected chi connectivity index (χ1v) is 10.8. The summed E-state index contributed by atoms with van der Waals surface area (Å²) in [5, 5.41) is 0. The Labute approximate surface area is 192 Å². The predicted molar refractivity (Wildman–Crippen MR) is 122 cm³/mol. The van der Waals surface area contributed by atoms with Crippen LogP contribution in [0.3, 0.4) is 0 Å². The number of amides is 1. The largest absolute Gasteiger partial charge is 0.493 e. The van der Waals surface area contributed by atoms with Gasteiger partial charge in [-0.05, 0) is 53.6 Å². The summed E-state index contributed by atoms with van der Waals surface area (Å²) in [5.74, 6) is 0.398. The quantitative estimate of drug-likeness (QED) is 0.551. The molecule has 0 aromatic heterocycles. The molecule has 1 fully saturated rings. The third kappa shape index (κ3) is 4.98. The molecule has 1 aliphatic heterocycles. The second-order valence-corrected chi connectivity index (χ2v) is 7.90. The van der Waals surface area contributed by atoms with Crippen LogP contribution in [0.5, 0.6) is 11.5 Å². The molecule has 3 aromatic carbocycles. The Morgan fingerprint density at radius 3 is 1.76 bits per heavy atom. The number of halogens is 2. The second-order valence-electron chi connectivity index (χ2n) is 7.90. The van der Waals surface area contributed by atoms with Crippen LogP contribution in [0, 0.1) is 11.6 Å². The zero-order chi connectivity index (χ0) is 23.4. The monoisotopic (exact) mass is 452 g/mol. The molecular formula is C26H26F2N2O3. The first kappa shape index (κ1) is 22.7. The number of benzene rings is 3. The van der Waals surface area contributed by atoms with Crippen LogP contribution >= 0.6 is 0 Å². The highest BCUT2D eigenvalue weighted by Gasteiger charge is 2.29. The van der Waals surface area contributed by atoms with Gasteiger partial charge in [0, 0.05) is 31.7 Å². The van der Waals surface area contributed by atoms with E-state index in [0.717, 1.165) is 11.1 Å². The van der Waals surface area contributed by atoms with E-state index in [0.29, 0.717) is 43.2 Å². The normalized spacial score (nSPS) is 14.4. The van der Waals surface area contributed by atoms with Gasteiger partial charge < -0.3 is 14.4 Å². The van der Waals surface area contributed by atoms with Crippen LogP contribution in [0.2, 0.25) is 0 Å². The maximum atomic E-state index is 13.5. The Bertz CT molecular complexity index is 1050. The van der Waals surface area contributed by atoms with Crippen molar-refractivity contribution in [2.75, 3.05) is 40.4 Å². The second kappa shape index (κ2) is 10.0. The molecule has 0 radical (unpaired) electrons. The summed E-state index contributed by atoms with van der Waals surface area (Å²) in [4.78, 5) is 17.1. The summed E-state index contributed by atoms with van der Waals surface area (Å²) >= 11 is 0. The lowest BCUT2D eigenvalue weighted by Crippen LogP contribution is -2.49. The molecule has 0 atom stereocenters. The molecule has 7 heteroatoms. The lowest BCUT2D eigenvalue weighted by molar-refractivity contribution is 0.0597. The molecule has 1 heterocycles. The first-order valence-electron chi connectivity index (χ1n) is 10.8. The summed E-state index contributed by atoms with van der Waals surface area (Å²) in [6, 6.07) is 17.7. The van der Waals surface area contributed by atoms with E-state index in [9.17, 15) is 13.6 Å². The van der Waals surface area contributed by atoms with Crippen molar-refractivity contribution in [3.63, 3.8) is 0 Å². The molecule has 0 spiro atoms. The maximum absolute atomic E-state index is 13.5. The molecule has 1 saturated heterocycles. The van der Waals surface area contributed by atoms with E-state index < -0.39 is 0 Å². The standard InChI is InChI=1S/C26H26F2N2O3/c1-32-23-12-7-20(17-24(23)33-2)26(31)30-15-13-29(14-16-30)25(18-3-8-21(27)9-4-18)19-5-10-22(28)11-6-19/h3-12,17,25H,13-16H2,1-2H3. The average Bonchev–Trinajstić information content (AvgIpc) is 2.86. The molecule has 0 N–H and O–H groups in total. The molecule has 5 nitrogen and oxygen atoms in total. The third-order valence-electron chi connectivity index (χ3n) is 5.97. The van der Waals surface area contributed by atoms with Crippen LogP contribution in [0.25, 0.3) is 0 Å². The van der Waals surface area contributed by atoms with Crippen molar-refractivity contribution < 1.29 is 23.0 Å². The summed E-state index contributed by atoms with van der Waals surface area (Å²) in [5.41, 5.74) is 2.38. The van der Waals surface area contributed by atoms with E-state index in [1.54, 1.807) is 49.6 Å². The third-order valence-corrected chi connectivity index (χ3v) is 5.97. The average molecular weight is 453 g/mol. The van der Waals surface area contributed by atoms with Crippen molar-refractivity contribution in [3.05, 3.63) is 95.1 Å². The highest BCUT2D eigenvalue weighted by molar-refractivity contribution is 5.95. The van der Waals surface area contributed by atoms with Crippen LogP contribution in [0.15, 0.2) is 66.7 Å². The van der Waals surface area contributed by atoms with Gasteiger partial charge in [0.05, 0.1) is 20.3 Å². The van der Waals surface area contributed by atoms with Gasteiger partial charge in [-0.25, -0.2) is 8.78 Å². The highest BCUT2D eigenvalue weighted by atomic mass is 19.1. The topological polar surface area (TPSA) is 42.0 Å². The van der Waals surface area contributed by atoms with Gasteiger partial charge in [0.25, 0.3) is 5.91 Å². The molecule has 0 bridgehead atoms. The van der Waals surface area contributed by atoms with Gasteiger partial charge in [0.2, 0.25) is 0 Å². The Morgan fingerprint density at radius 2 is 1.27 bits per heavy atom. The first-order chi connectivity index (χ1) is 16.0. The molecule has 1 aliphatic rings. The number of nitrogens with zero attached hydrogens (tertiary/aromatic N) is 2. The maximum Gasteiger partial charge on any atom is 0.254 e. The number of hydrogen-bond acceptors (Lipinski definition) is 4. The van der Waals surface area contributed by atoms with E-state index in [1.807, 2.05) is 4.90 Å². The van der Waals surface area contributed by atoms with Crippen LogP contribution in [0.4, 0.5) is 8.78 Å². The molecule has 0 saturated carbocycles. The van der Waals surface area contributed by atoms with E-state index in [2.05, 4.69) is 4.90 Å². The van der Waals surface area contributed by atoms with Crippen molar-refractivity contribution in [1.82, 2.24) is 9.80 Å². The number of piperazine rings is 1. The molecule has 3 aromatic rings. The Morgan fingerprint density at radius 1 is 0.758 bits per heavy atom. The highest BCUT2D eigenvalue weighted by Crippen LogP contribution is 2.31. The number of methoxy groups -OCH3 is 2. The summed E-state index contributed by atoms with van der Waals surface area (Å²) in [6.07, 6.45) is 0. The van der Waals surface area contributed by atoms with Gasteiger partial charge in [-0.15, -0.1) is 0 Å². The molecule has 33 heavy (non-hydrogen) atoms. The van der Waals surface area contributed by atoms with Gasteiger partial charge in [0.1, 0.15) is 11.6 Å². The molecular weight excluding hydrogens is 426 g/mol. The van der Waals surface area contributed by atoms with Crippen LogP contribution in [-0.2, 0) is 0 Å². The number of carbonyl (C=O) groups is 1. The zero-order valence-corrected chi connectivity index (χ0v) is 18.6. The predicted octanol–water partition coefficient (Wildman–Crippen LogP) is 4.53. The Hall–Kier alpha value is -3.45. The minimum atomic E-state index is -0.304. The lowest BCUT2D eigenvalue weighted by atomic mass is 9.96. The fraction of sp³-hybridized carbons (Fsp3) is 0.269. The van der Waals surface area contributed by atoms with Crippen molar-refractivity contribution in [2.45, 2.75) is 6.04 Å². The summed E-state index contributed by atoms with van der Waals surface area (Å²) in [6.45, 7) is 2.31. The van der Waals surface area contributed by atoms with Crippen LogP contribution in [0.1, 0.15) is 27.5 Å². The van der Waals surface area contributed by atoms with E-state index in [-0.39, 0.29) is 23.6 Å². The molecule has 0 aliphatic carbocycles. The Kier molecular flexibility index (Phi) is 6.89. The summed E-state index contributed by atoms with van der Waals surface area (Å²) in [7, 11) is 3.09. The van der Waals surface area contributed by atoms with Gasteiger partial charge in [-0.3, -0.25) is 9.69 Å².